The Balaban J connectivity index is 1.78. The molecule has 0 aliphatic carbocycles. The molecule has 22 heavy (non-hydrogen) atoms. The zero-order valence-corrected chi connectivity index (χ0v) is 13.3. The van der Waals surface area contributed by atoms with E-state index in [-0.39, 0.29) is 5.78 Å². The lowest BCUT2D eigenvalue weighted by Gasteiger charge is -2.11. The molecule has 0 unspecified atom stereocenters. The van der Waals surface area contributed by atoms with Gasteiger partial charge in [0, 0.05) is 19.8 Å². The minimum absolute atomic E-state index is 0.0575. The molecule has 0 fully saturated rings. The summed E-state index contributed by atoms with van der Waals surface area (Å²) in [4.78, 5) is 18.6. The fourth-order valence-corrected chi connectivity index (χ4v) is 2.99. The highest BCUT2D eigenvalue weighted by Crippen LogP contribution is 2.22. The van der Waals surface area contributed by atoms with Gasteiger partial charge in [-0.05, 0) is 35.9 Å². The first-order chi connectivity index (χ1) is 10.6. The third-order valence-corrected chi connectivity index (χ3v) is 4.39. The van der Waals surface area contributed by atoms with Crippen LogP contribution in [0.4, 0.5) is 5.69 Å². The van der Waals surface area contributed by atoms with Crippen molar-refractivity contribution >= 4 is 39.1 Å². The lowest BCUT2D eigenvalue weighted by molar-refractivity contribution is 0.104. The van der Waals surface area contributed by atoms with Crippen LogP contribution < -0.4 is 4.90 Å². The quantitative estimate of drug-likeness (QED) is 0.533. The third-order valence-electron chi connectivity index (χ3n) is 3.34. The number of fused-ring (bicyclic) bond motifs is 1. The van der Waals surface area contributed by atoms with Crippen LogP contribution in [0.5, 0.6) is 0 Å². The number of nitrogens with zero attached hydrogens (tertiary/aromatic N) is 2. The monoisotopic (exact) mass is 308 g/mol. The molecule has 0 atom stereocenters. The molecule has 0 N–H and O–H groups in total. The van der Waals surface area contributed by atoms with Crippen molar-refractivity contribution in [2.75, 3.05) is 19.0 Å². The van der Waals surface area contributed by atoms with E-state index < -0.39 is 0 Å². The molecular weight excluding hydrogens is 292 g/mol. The number of rotatable bonds is 4. The van der Waals surface area contributed by atoms with Gasteiger partial charge in [0.25, 0.3) is 0 Å². The number of ketones is 1. The van der Waals surface area contributed by atoms with Gasteiger partial charge in [0.05, 0.1) is 10.2 Å². The van der Waals surface area contributed by atoms with Crippen LogP contribution in [0.15, 0.2) is 54.6 Å². The number of hydrogen-bond donors (Lipinski definition) is 0. The molecule has 1 heterocycles. The zero-order valence-electron chi connectivity index (χ0n) is 12.5. The van der Waals surface area contributed by atoms with E-state index in [0.29, 0.717) is 5.01 Å². The predicted molar refractivity (Wildman–Crippen MR) is 93.8 cm³/mol. The number of aromatic nitrogens is 1. The van der Waals surface area contributed by atoms with Crippen LogP contribution in [0.3, 0.4) is 0 Å². The standard InChI is InChI=1S/C18H16N2OS/c1-20(2)14-10-7-13(8-11-14)9-12-16(21)18-19-15-5-3-4-6-17(15)22-18/h3-12H,1-2H3. The normalized spacial score (nSPS) is 11.2. The molecule has 0 saturated carbocycles. The molecule has 3 aromatic rings. The molecule has 3 nitrogen and oxygen atoms in total. The van der Waals surface area contributed by atoms with Gasteiger partial charge in [-0.1, -0.05) is 30.3 Å². The SMILES string of the molecule is CN(C)c1ccc(C=CC(=O)c2nc3ccccc3s2)cc1. The average Bonchev–Trinajstić information content (AvgIpc) is 2.97. The minimum Gasteiger partial charge on any atom is -0.378 e. The number of carbonyl (C=O) groups excluding carboxylic acids is 1. The van der Waals surface area contributed by atoms with Gasteiger partial charge in [0.2, 0.25) is 5.78 Å². The molecular formula is C18H16N2OS. The Kier molecular flexibility index (Phi) is 4.02. The first-order valence-corrected chi connectivity index (χ1v) is 7.80. The van der Waals surface area contributed by atoms with Gasteiger partial charge in [-0.3, -0.25) is 4.79 Å². The van der Waals surface area contributed by atoms with Crippen LogP contribution in [-0.4, -0.2) is 24.9 Å². The Labute approximate surface area is 133 Å². The largest absolute Gasteiger partial charge is 0.378 e. The molecule has 4 heteroatoms. The van der Waals surface area contributed by atoms with E-state index in [1.807, 2.05) is 73.6 Å². The number of benzene rings is 2. The molecule has 110 valence electrons. The molecule has 3 rings (SSSR count). The van der Waals surface area contributed by atoms with Crippen molar-refractivity contribution in [3.8, 4) is 0 Å². The van der Waals surface area contributed by atoms with E-state index >= 15 is 0 Å². The summed E-state index contributed by atoms with van der Waals surface area (Å²) in [5.41, 5.74) is 3.01. The van der Waals surface area contributed by atoms with Gasteiger partial charge < -0.3 is 4.90 Å². The maximum atomic E-state index is 12.2. The summed E-state index contributed by atoms with van der Waals surface area (Å²) < 4.78 is 1.04. The Morgan fingerprint density at radius 2 is 1.82 bits per heavy atom. The molecule has 0 aliphatic heterocycles. The summed E-state index contributed by atoms with van der Waals surface area (Å²) in [6, 6.07) is 15.8. The van der Waals surface area contributed by atoms with Crippen LogP contribution in [-0.2, 0) is 0 Å². The lowest BCUT2D eigenvalue weighted by atomic mass is 10.1. The summed E-state index contributed by atoms with van der Waals surface area (Å²) in [6.07, 6.45) is 3.41. The van der Waals surface area contributed by atoms with Gasteiger partial charge in [0.15, 0.2) is 5.01 Å². The Morgan fingerprint density at radius 3 is 2.50 bits per heavy atom. The van der Waals surface area contributed by atoms with Crippen LogP contribution in [0, 0.1) is 0 Å². The van der Waals surface area contributed by atoms with Crippen molar-refractivity contribution in [1.82, 2.24) is 4.98 Å². The van der Waals surface area contributed by atoms with Crippen LogP contribution in [0.25, 0.3) is 16.3 Å². The highest BCUT2D eigenvalue weighted by Gasteiger charge is 2.08. The fraction of sp³-hybridized carbons (Fsp3) is 0.111. The van der Waals surface area contributed by atoms with E-state index in [1.165, 1.54) is 11.3 Å². The third kappa shape index (κ3) is 3.07. The van der Waals surface area contributed by atoms with E-state index in [9.17, 15) is 4.79 Å². The van der Waals surface area contributed by atoms with Crippen molar-refractivity contribution in [3.63, 3.8) is 0 Å². The summed E-state index contributed by atoms with van der Waals surface area (Å²) in [5, 5.41) is 0.530. The van der Waals surface area contributed by atoms with Gasteiger partial charge in [0.1, 0.15) is 0 Å². The number of thiazole rings is 1. The Morgan fingerprint density at radius 1 is 1.09 bits per heavy atom. The molecule has 0 radical (unpaired) electrons. The van der Waals surface area contributed by atoms with Gasteiger partial charge in [-0.2, -0.15) is 0 Å². The summed E-state index contributed by atoms with van der Waals surface area (Å²) in [5.74, 6) is -0.0575. The van der Waals surface area contributed by atoms with Gasteiger partial charge >= 0.3 is 0 Å². The smallest absolute Gasteiger partial charge is 0.214 e. The van der Waals surface area contributed by atoms with Crippen LogP contribution >= 0.6 is 11.3 Å². The zero-order chi connectivity index (χ0) is 15.5. The lowest BCUT2D eigenvalue weighted by Crippen LogP contribution is -2.07. The van der Waals surface area contributed by atoms with E-state index in [2.05, 4.69) is 4.98 Å². The number of carbonyl (C=O) groups is 1. The highest BCUT2D eigenvalue weighted by molar-refractivity contribution is 7.20. The molecule has 0 amide bonds. The van der Waals surface area contributed by atoms with E-state index in [4.69, 9.17) is 0 Å². The van der Waals surface area contributed by atoms with Crippen molar-refractivity contribution < 1.29 is 4.79 Å². The maximum absolute atomic E-state index is 12.2. The summed E-state index contributed by atoms with van der Waals surface area (Å²) >= 11 is 1.43. The van der Waals surface area contributed by atoms with Gasteiger partial charge in [-0.25, -0.2) is 4.98 Å². The van der Waals surface area contributed by atoms with Gasteiger partial charge in [-0.15, -0.1) is 11.3 Å². The summed E-state index contributed by atoms with van der Waals surface area (Å²) in [6.45, 7) is 0. The summed E-state index contributed by atoms with van der Waals surface area (Å²) in [7, 11) is 4.00. The Hall–Kier alpha value is -2.46. The van der Waals surface area contributed by atoms with Crippen LogP contribution in [0.2, 0.25) is 0 Å². The first kappa shape index (κ1) is 14.5. The fourth-order valence-electron chi connectivity index (χ4n) is 2.10. The van der Waals surface area contributed by atoms with Crippen molar-refractivity contribution in [2.45, 2.75) is 0 Å². The second-order valence-corrected chi connectivity index (χ2v) is 6.20. The minimum atomic E-state index is -0.0575. The average molecular weight is 308 g/mol. The molecule has 0 bridgehead atoms. The molecule has 2 aromatic carbocycles. The van der Waals surface area contributed by atoms with Crippen molar-refractivity contribution in [3.05, 3.63) is 65.2 Å². The van der Waals surface area contributed by atoms with E-state index in [1.54, 1.807) is 6.08 Å². The predicted octanol–water partition coefficient (Wildman–Crippen LogP) is 4.26. The molecule has 0 aliphatic rings. The van der Waals surface area contributed by atoms with Crippen molar-refractivity contribution in [2.24, 2.45) is 0 Å². The number of allylic oxidation sites excluding steroid dienone is 1. The number of para-hydroxylation sites is 1. The molecule has 0 saturated heterocycles. The number of hydrogen-bond acceptors (Lipinski definition) is 4. The molecule has 1 aromatic heterocycles. The second-order valence-electron chi connectivity index (χ2n) is 5.17. The molecule has 0 spiro atoms. The van der Waals surface area contributed by atoms with E-state index in [0.717, 1.165) is 21.5 Å². The highest BCUT2D eigenvalue weighted by atomic mass is 32.1. The van der Waals surface area contributed by atoms with Crippen LogP contribution in [0.1, 0.15) is 15.4 Å². The first-order valence-electron chi connectivity index (χ1n) is 6.99. The Bertz CT molecular complexity index is 799. The topological polar surface area (TPSA) is 33.2 Å². The maximum Gasteiger partial charge on any atom is 0.214 e. The number of anilines is 1. The second kappa shape index (κ2) is 6.12. The van der Waals surface area contributed by atoms with Crippen molar-refractivity contribution in [1.29, 1.82) is 0 Å².